The molecule has 3 heteroatoms. The van der Waals surface area contributed by atoms with E-state index in [9.17, 15) is 5.11 Å². The summed E-state index contributed by atoms with van der Waals surface area (Å²) in [7, 11) is 0. The molecule has 100 valence electrons. The van der Waals surface area contributed by atoms with E-state index in [1.807, 2.05) is 18.7 Å². The fourth-order valence-electron chi connectivity index (χ4n) is 2.47. The summed E-state index contributed by atoms with van der Waals surface area (Å²) in [5.74, 6) is 1.67. The Kier molecular flexibility index (Phi) is 5.54. The van der Waals surface area contributed by atoms with Crippen molar-refractivity contribution >= 4 is 11.8 Å². The second-order valence-corrected chi connectivity index (χ2v) is 6.25. The molecule has 18 heavy (non-hydrogen) atoms. The summed E-state index contributed by atoms with van der Waals surface area (Å²) in [6.45, 7) is 5.37. The van der Waals surface area contributed by atoms with Crippen LogP contribution in [0.15, 0.2) is 35.2 Å². The molecule has 1 aromatic carbocycles. The zero-order valence-corrected chi connectivity index (χ0v) is 11.9. The highest BCUT2D eigenvalue weighted by Gasteiger charge is 2.21. The van der Waals surface area contributed by atoms with Gasteiger partial charge in [0.1, 0.15) is 0 Å². The topological polar surface area (TPSA) is 23.5 Å². The molecular formula is C15H23NOS. The second kappa shape index (κ2) is 7.17. The van der Waals surface area contributed by atoms with Gasteiger partial charge in [0.15, 0.2) is 0 Å². The third-order valence-corrected chi connectivity index (χ3v) is 4.73. The molecule has 1 N–H and O–H groups in total. The van der Waals surface area contributed by atoms with Crippen LogP contribution < -0.4 is 0 Å². The van der Waals surface area contributed by atoms with Crippen molar-refractivity contribution in [3.63, 3.8) is 0 Å². The van der Waals surface area contributed by atoms with Gasteiger partial charge in [-0.2, -0.15) is 0 Å². The largest absolute Gasteiger partial charge is 0.393 e. The zero-order valence-electron chi connectivity index (χ0n) is 11.1. The third-order valence-electron chi connectivity index (χ3n) is 3.73. The Morgan fingerprint density at radius 1 is 1.28 bits per heavy atom. The minimum atomic E-state index is -0.133. The molecule has 0 spiro atoms. The molecule has 1 aromatic rings. The number of aliphatic hydroxyl groups excluding tert-OH is 1. The third kappa shape index (κ3) is 4.30. The summed E-state index contributed by atoms with van der Waals surface area (Å²) in [6, 6.07) is 10.6. The highest BCUT2D eigenvalue weighted by atomic mass is 32.2. The van der Waals surface area contributed by atoms with Crippen LogP contribution in [0.5, 0.6) is 0 Å². The van der Waals surface area contributed by atoms with E-state index < -0.39 is 0 Å². The zero-order chi connectivity index (χ0) is 12.8. The van der Waals surface area contributed by atoms with Gasteiger partial charge in [0.2, 0.25) is 0 Å². The van der Waals surface area contributed by atoms with Crippen LogP contribution in [0.1, 0.15) is 19.8 Å². The van der Waals surface area contributed by atoms with Crippen molar-refractivity contribution in [1.29, 1.82) is 0 Å². The molecule has 2 rings (SSSR count). The van der Waals surface area contributed by atoms with Crippen LogP contribution in [0, 0.1) is 5.92 Å². The molecule has 0 aromatic heterocycles. The van der Waals surface area contributed by atoms with Crippen molar-refractivity contribution in [3.05, 3.63) is 30.3 Å². The second-order valence-electron chi connectivity index (χ2n) is 5.08. The quantitative estimate of drug-likeness (QED) is 0.828. The first kappa shape index (κ1) is 13.9. The number of rotatable bonds is 5. The van der Waals surface area contributed by atoms with Crippen LogP contribution in [0.3, 0.4) is 0 Å². The molecule has 1 aliphatic rings. The number of likely N-dealkylation sites (tertiary alicyclic amines) is 1. The molecular weight excluding hydrogens is 242 g/mol. The number of piperidine rings is 1. The smallest absolute Gasteiger partial charge is 0.0541 e. The van der Waals surface area contributed by atoms with E-state index in [-0.39, 0.29) is 6.10 Å². The van der Waals surface area contributed by atoms with E-state index in [1.165, 1.54) is 4.90 Å². The summed E-state index contributed by atoms with van der Waals surface area (Å²) in [5, 5.41) is 9.57. The minimum absolute atomic E-state index is 0.133. The Bertz CT molecular complexity index is 334. The Morgan fingerprint density at radius 3 is 2.56 bits per heavy atom. The molecule has 0 aliphatic carbocycles. The van der Waals surface area contributed by atoms with Crippen molar-refractivity contribution in [2.45, 2.75) is 30.8 Å². The first-order valence-corrected chi connectivity index (χ1v) is 7.82. The fraction of sp³-hybridized carbons (Fsp3) is 0.600. The number of benzene rings is 1. The van der Waals surface area contributed by atoms with Gasteiger partial charge in [0.05, 0.1) is 6.10 Å². The SMILES string of the molecule is CC(O)C1CCN(CCSc2ccccc2)CC1. The molecule has 0 amide bonds. The molecule has 2 nitrogen and oxygen atoms in total. The maximum atomic E-state index is 9.57. The van der Waals surface area contributed by atoms with E-state index in [2.05, 4.69) is 35.2 Å². The number of hydrogen-bond acceptors (Lipinski definition) is 3. The van der Waals surface area contributed by atoms with Crippen LogP contribution in [-0.2, 0) is 0 Å². The Balaban J connectivity index is 1.64. The summed E-state index contributed by atoms with van der Waals surface area (Å²) in [5.41, 5.74) is 0. The van der Waals surface area contributed by atoms with Crippen molar-refractivity contribution in [2.75, 3.05) is 25.4 Å². The van der Waals surface area contributed by atoms with Gasteiger partial charge in [0, 0.05) is 17.2 Å². The molecule has 1 fully saturated rings. The lowest BCUT2D eigenvalue weighted by molar-refractivity contribution is 0.0740. The lowest BCUT2D eigenvalue weighted by Gasteiger charge is -2.33. The molecule has 1 saturated heterocycles. The predicted molar refractivity (Wildman–Crippen MR) is 78.0 cm³/mol. The first-order chi connectivity index (χ1) is 8.75. The first-order valence-electron chi connectivity index (χ1n) is 6.84. The van der Waals surface area contributed by atoms with Crippen LogP contribution in [0.25, 0.3) is 0 Å². The number of thioether (sulfide) groups is 1. The standard InChI is InChI=1S/C15H23NOS/c1-13(17)14-7-9-16(10-8-14)11-12-18-15-5-3-2-4-6-15/h2-6,13-14,17H,7-12H2,1H3. The average Bonchev–Trinajstić information content (AvgIpc) is 2.40. The summed E-state index contributed by atoms with van der Waals surface area (Å²) in [6.07, 6.45) is 2.16. The van der Waals surface area contributed by atoms with Crippen molar-refractivity contribution in [2.24, 2.45) is 5.92 Å². The van der Waals surface area contributed by atoms with Crippen molar-refractivity contribution < 1.29 is 5.11 Å². The Morgan fingerprint density at radius 2 is 1.94 bits per heavy atom. The highest BCUT2D eigenvalue weighted by Crippen LogP contribution is 2.22. The number of hydrogen-bond donors (Lipinski definition) is 1. The molecule has 1 aliphatic heterocycles. The highest BCUT2D eigenvalue weighted by molar-refractivity contribution is 7.99. The van der Waals surface area contributed by atoms with Crippen molar-refractivity contribution in [1.82, 2.24) is 4.90 Å². The lowest BCUT2D eigenvalue weighted by atomic mass is 9.92. The molecule has 1 unspecified atom stereocenters. The maximum absolute atomic E-state index is 9.57. The average molecular weight is 265 g/mol. The number of aliphatic hydroxyl groups is 1. The Labute approximate surface area is 114 Å². The molecule has 0 radical (unpaired) electrons. The van der Waals surface area contributed by atoms with Crippen LogP contribution in [0.4, 0.5) is 0 Å². The normalized spacial score (nSPS) is 19.9. The van der Waals surface area contributed by atoms with Gasteiger partial charge in [0.25, 0.3) is 0 Å². The van der Waals surface area contributed by atoms with Gasteiger partial charge < -0.3 is 10.0 Å². The van der Waals surface area contributed by atoms with Gasteiger partial charge in [-0.05, 0) is 50.9 Å². The van der Waals surface area contributed by atoms with Gasteiger partial charge >= 0.3 is 0 Å². The maximum Gasteiger partial charge on any atom is 0.0541 e. The summed E-state index contributed by atoms with van der Waals surface area (Å²) in [4.78, 5) is 3.88. The van der Waals surface area contributed by atoms with Gasteiger partial charge in [-0.1, -0.05) is 18.2 Å². The molecule has 0 saturated carbocycles. The monoisotopic (exact) mass is 265 g/mol. The van der Waals surface area contributed by atoms with E-state index in [0.29, 0.717) is 5.92 Å². The molecule has 1 atom stereocenters. The van der Waals surface area contributed by atoms with E-state index in [0.717, 1.165) is 38.2 Å². The van der Waals surface area contributed by atoms with Gasteiger partial charge in [-0.15, -0.1) is 11.8 Å². The minimum Gasteiger partial charge on any atom is -0.393 e. The van der Waals surface area contributed by atoms with Crippen LogP contribution in [0.2, 0.25) is 0 Å². The lowest BCUT2D eigenvalue weighted by Crippen LogP contribution is -2.38. The predicted octanol–water partition coefficient (Wildman–Crippen LogP) is 2.87. The van der Waals surface area contributed by atoms with Crippen molar-refractivity contribution in [3.8, 4) is 0 Å². The van der Waals surface area contributed by atoms with E-state index >= 15 is 0 Å². The van der Waals surface area contributed by atoms with Crippen LogP contribution >= 0.6 is 11.8 Å². The molecule has 0 bridgehead atoms. The van der Waals surface area contributed by atoms with E-state index in [1.54, 1.807) is 0 Å². The van der Waals surface area contributed by atoms with Gasteiger partial charge in [-0.25, -0.2) is 0 Å². The molecule has 1 heterocycles. The van der Waals surface area contributed by atoms with Crippen LogP contribution in [-0.4, -0.2) is 41.5 Å². The summed E-state index contributed by atoms with van der Waals surface area (Å²) >= 11 is 1.93. The van der Waals surface area contributed by atoms with Gasteiger partial charge in [-0.3, -0.25) is 0 Å². The Hall–Kier alpha value is -0.510. The summed E-state index contributed by atoms with van der Waals surface area (Å²) < 4.78 is 0. The van der Waals surface area contributed by atoms with E-state index in [4.69, 9.17) is 0 Å². The fourth-order valence-corrected chi connectivity index (χ4v) is 3.40. The number of nitrogens with zero attached hydrogens (tertiary/aromatic N) is 1.